The van der Waals surface area contributed by atoms with Crippen LogP contribution in [0.15, 0.2) is 37.2 Å². The summed E-state index contributed by atoms with van der Waals surface area (Å²) in [4.78, 5) is 4.27. The van der Waals surface area contributed by atoms with Crippen molar-refractivity contribution in [2.75, 3.05) is 5.73 Å². The number of nitrogens with two attached hydrogens (primary N) is 1. The molecule has 0 fully saturated rings. The van der Waals surface area contributed by atoms with Gasteiger partial charge in [-0.05, 0) is 18.6 Å². The fourth-order valence-electron chi connectivity index (χ4n) is 2.06. The quantitative estimate of drug-likeness (QED) is 0.850. The van der Waals surface area contributed by atoms with Crippen molar-refractivity contribution in [1.82, 2.24) is 14.8 Å². The highest BCUT2D eigenvalue weighted by Crippen LogP contribution is 2.30. The van der Waals surface area contributed by atoms with Crippen LogP contribution in [0.2, 0.25) is 0 Å². The molecule has 2 rings (SSSR count). The van der Waals surface area contributed by atoms with Gasteiger partial charge in [0.25, 0.3) is 0 Å². The van der Waals surface area contributed by atoms with Gasteiger partial charge in [-0.1, -0.05) is 13.0 Å². The van der Waals surface area contributed by atoms with E-state index in [0.717, 1.165) is 12.1 Å². The number of hydrogen-bond acceptors (Lipinski definition) is 3. The monoisotopic (exact) mass is 278 g/mol. The summed E-state index contributed by atoms with van der Waals surface area (Å²) in [6, 6.07) is 3.41. The molecule has 0 aliphatic carbocycles. The molecule has 0 bridgehead atoms. The predicted molar refractivity (Wildman–Crippen MR) is 74.4 cm³/mol. The number of halogens is 2. The maximum atomic E-state index is 12.9. The van der Waals surface area contributed by atoms with E-state index in [2.05, 4.69) is 16.7 Å². The lowest BCUT2D eigenvalue weighted by Gasteiger charge is -2.11. The van der Waals surface area contributed by atoms with Crippen LogP contribution < -0.4 is 5.73 Å². The summed E-state index contributed by atoms with van der Waals surface area (Å²) in [5.74, 6) is 0.164. The zero-order chi connectivity index (χ0) is 14.7. The van der Waals surface area contributed by atoms with Crippen LogP contribution in [-0.2, 0) is 0 Å². The first-order valence-corrected chi connectivity index (χ1v) is 6.23. The Morgan fingerprint density at radius 2 is 2.25 bits per heavy atom. The zero-order valence-corrected chi connectivity index (χ0v) is 11.1. The summed E-state index contributed by atoms with van der Waals surface area (Å²) in [5, 5.41) is 3.61. The lowest BCUT2D eigenvalue weighted by atomic mass is 10.0. The van der Waals surface area contributed by atoms with E-state index in [9.17, 15) is 8.78 Å². The number of pyridine rings is 1. The van der Waals surface area contributed by atoms with Gasteiger partial charge in [0.15, 0.2) is 0 Å². The number of anilines is 1. The summed E-state index contributed by atoms with van der Waals surface area (Å²) in [5.41, 5.74) is 7.57. The number of allylic oxidation sites excluding steroid dienone is 1. The van der Waals surface area contributed by atoms with E-state index in [4.69, 9.17) is 5.73 Å². The number of nitrogens with zero attached hydrogens (tertiary/aromatic N) is 3. The number of alkyl halides is 2. The van der Waals surface area contributed by atoms with Crippen LogP contribution in [0.25, 0.3) is 11.3 Å². The SMILES string of the molecule is C=CCC(C)c1cc(-c2c(N)cnn2C(F)F)ccn1. The van der Waals surface area contributed by atoms with Crippen molar-refractivity contribution in [3.8, 4) is 11.3 Å². The number of hydrogen-bond donors (Lipinski definition) is 1. The number of aromatic nitrogens is 3. The van der Waals surface area contributed by atoms with Crippen LogP contribution in [0.3, 0.4) is 0 Å². The van der Waals surface area contributed by atoms with Crippen molar-refractivity contribution in [2.24, 2.45) is 0 Å². The molecule has 4 nitrogen and oxygen atoms in total. The highest BCUT2D eigenvalue weighted by Gasteiger charge is 2.18. The Bertz CT molecular complexity index is 607. The second-order valence-electron chi connectivity index (χ2n) is 4.57. The first kappa shape index (κ1) is 14.2. The van der Waals surface area contributed by atoms with Crippen LogP contribution in [0, 0.1) is 0 Å². The first-order chi connectivity index (χ1) is 9.54. The molecular formula is C14H16F2N4. The van der Waals surface area contributed by atoms with Crippen molar-refractivity contribution in [3.05, 3.63) is 42.9 Å². The van der Waals surface area contributed by atoms with E-state index in [1.807, 2.05) is 6.92 Å². The standard InChI is InChI=1S/C14H16F2N4/c1-3-4-9(2)12-7-10(5-6-18-12)13-11(17)8-19-20(13)14(15)16/h3,5-9,14H,1,4,17H2,2H3. The van der Waals surface area contributed by atoms with Gasteiger partial charge in [0, 0.05) is 23.4 Å². The largest absolute Gasteiger partial charge is 0.396 e. The van der Waals surface area contributed by atoms with E-state index in [-0.39, 0.29) is 17.3 Å². The molecule has 0 aliphatic rings. The third-order valence-electron chi connectivity index (χ3n) is 3.09. The van der Waals surface area contributed by atoms with Crippen LogP contribution in [0.4, 0.5) is 14.5 Å². The average molecular weight is 278 g/mol. The molecule has 2 N–H and O–H groups in total. The molecule has 0 saturated heterocycles. The zero-order valence-electron chi connectivity index (χ0n) is 11.1. The second kappa shape index (κ2) is 5.81. The maximum absolute atomic E-state index is 12.9. The molecule has 6 heteroatoms. The molecule has 2 aromatic rings. The normalized spacial score (nSPS) is 12.6. The van der Waals surface area contributed by atoms with E-state index >= 15 is 0 Å². The first-order valence-electron chi connectivity index (χ1n) is 6.23. The highest BCUT2D eigenvalue weighted by molar-refractivity contribution is 5.72. The van der Waals surface area contributed by atoms with Gasteiger partial charge < -0.3 is 5.73 Å². The summed E-state index contributed by atoms with van der Waals surface area (Å²) in [6.45, 7) is 2.96. The third-order valence-corrected chi connectivity index (χ3v) is 3.09. The lowest BCUT2D eigenvalue weighted by Crippen LogP contribution is -2.04. The van der Waals surface area contributed by atoms with Crippen molar-refractivity contribution in [2.45, 2.75) is 25.8 Å². The predicted octanol–water partition coefficient (Wildman–Crippen LogP) is 3.60. The van der Waals surface area contributed by atoms with Crippen molar-refractivity contribution >= 4 is 5.69 Å². The Labute approximate surface area is 115 Å². The fourth-order valence-corrected chi connectivity index (χ4v) is 2.06. The second-order valence-corrected chi connectivity index (χ2v) is 4.57. The Hall–Kier alpha value is -2.24. The molecule has 0 amide bonds. The van der Waals surface area contributed by atoms with E-state index in [1.54, 1.807) is 24.4 Å². The average Bonchev–Trinajstić information content (AvgIpc) is 2.81. The van der Waals surface area contributed by atoms with Gasteiger partial charge in [-0.2, -0.15) is 13.9 Å². The van der Waals surface area contributed by atoms with Gasteiger partial charge in [0.05, 0.1) is 17.6 Å². The Morgan fingerprint density at radius 1 is 1.50 bits per heavy atom. The van der Waals surface area contributed by atoms with E-state index in [0.29, 0.717) is 10.2 Å². The molecule has 0 radical (unpaired) electrons. The summed E-state index contributed by atoms with van der Waals surface area (Å²) in [7, 11) is 0. The summed E-state index contributed by atoms with van der Waals surface area (Å²) < 4.78 is 26.5. The van der Waals surface area contributed by atoms with Gasteiger partial charge in [-0.25, -0.2) is 4.68 Å². The molecular weight excluding hydrogens is 262 g/mol. The smallest absolute Gasteiger partial charge is 0.333 e. The van der Waals surface area contributed by atoms with Crippen molar-refractivity contribution in [3.63, 3.8) is 0 Å². The number of rotatable bonds is 5. The molecule has 2 heterocycles. The van der Waals surface area contributed by atoms with Crippen molar-refractivity contribution in [1.29, 1.82) is 0 Å². The molecule has 0 spiro atoms. The van der Waals surface area contributed by atoms with Crippen LogP contribution in [0.5, 0.6) is 0 Å². The summed E-state index contributed by atoms with van der Waals surface area (Å²) in [6.07, 6.45) is 5.39. The minimum atomic E-state index is -2.73. The highest BCUT2D eigenvalue weighted by atomic mass is 19.3. The molecule has 20 heavy (non-hydrogen) atoms. The molecule has 1 unspecified atom stereocenters. The molecule has 1 atom stereocenters. The van der Waals surface area contributed by atoms with Crippen molar-refractivity contribution < 1.29 is 8.78 Å². The fraction of sp³-hybridized carbons (Fsp3) is 0.286. The Kier molecular flexibility index (Phi) is 4.12. The van der Waals surface area contributed by atoms with Gasteiger partial charge in [0.2, 0.25) is 0 Å². The van der Waals surface area contributed by atoms with Gasteiger partial charge in [-0.3, -0.25) is 4.98 Å². The van der Waals surface area contributed by atoms with Crippen LogP contribution in [0.1, 0.15) is 31.5 Å². The maximum Gasteiger partial charge on any atom is 0.333 e. The van der Waals surface area contributed by atoms with Crippen LogP contribution >= 0.6 is 0 Å². The Balaban J connectivity index is 2.46. The van der Waals surface area contributed by atoms with Gasteiger partial charge in [-0.15, -0.1) is 6.58 Å². The molecule has 0 saturated carbocycles. The minimum Gasteiger partial charge on any atom is -0.396 e. The molecule has 0 aliphatic heterocycles. The van der Waals surface area contributed by atoms with Gasteiger partial charge >= 0.3 is 6.55 Å². The topological polar surface area (TPSA) is 56.7 Å². The van der Waals surface area contributed by atoms with Crippen LogP contribution in [-0.4, -0.2) is 14.8 Å². The molecule has 2 aromatic heterocycles. The lowest BCUT2D eigenvalue weighted by molar-refractivity contribution is 0.0585. The van der Waals surface area contributed by atoms with E-state index in [1.165, 1.54) is 6.20 Å². The molecule has 0 aromatic carbocycles. The van der Waals surface area contributed by atoms with E-state index < -0.39 is 6.55 Å². The minimum absolute atomic E-state index is 0.164. The Morgan fingerprint density at radius 3 is 2.90 bits per heavy atom. The summed E-state index contributed by atoms with van der Waals surface area (Å²) >= 11 is 0. The third kappa shape index (κ3) is 2.68. The number of nitrogen functional groups attached to an aromatic ring is 1. The van der Waals surface area contributed by atoms with Gasteiger partial charge in [0.1, 0.15) is 0 Å². The molecule has 106 valence electrons.